The van der Waals surface area contributed by atoms with Crippen molar-refractivity contribution >= 4 is 16.9 Å². The van der Waals surface area contributed by atoms with Gasteiger partial charge in [0.25, 0.3) is 0 Å². The van der Waals surface area contributed by atoms with E-state index < -0.39 is 40.5 Å². The molecule has 3 rings (SSSR count). The molecule has 1 N–H and O–H groups in total. The molecule has 2 unspecified atom stereocenters. The van der Waals surface area contributed by atoms with E-state index in [-0.39, 0.29) is 18.8 Å². The molecule has 10 heteroatoms. The standard InChI is InChI=1S/C26H27F4N3O2S/c1-16-6-5-7-19(12-16)24-20(10-11-23(32-24)26(28,29)30)14-31-25(34)17(2)18-8-9-21(22(27)13-18)15-33(3)36(4)35/h5-13,17H,14-15H2,1-4H3,(H,31,34). The lowest BCUT2D eigenvalue weighted by atomic mass is 9.98. The van der Waals surface area contributed by atoms with Crippen molar-refractivity contribution in [1.82, 2.24) is 14.6 Å². The summed E-state index contributed by atoms with van der Waals surface area (Å²) in [6.45, 7) is 3.54. The zero-order valence-electron chi connectivity index (χ0n) is 20.3. The fraction of sp³-hybridized carbons (Fsp3) is 0.308. The molecular weight excluding hydrogens is 494 g/mol. The summed E-state index contributed by atoms with van der Waals surface area (Å²) in [6.07, 6.45) is -3.11. The van der Waals surface area contributed by atoms with E-state index in [0.29, 0.717) is 22.3 Å². The first-order valence-electron chi connectivity index (χ1n) is 11.1. The lowest BCUT2D eigenvalue weighted by Gasteiger charge is -2.17. The molecule has 0 spiro atoms. The topological polar surface area (TPSA) is 62.3 Å². The Morgan fingerprint density at radius 3 is 2.42 bits per heavy atom. The Balaban J connectivity index is 1.79. The van der Waals surface area contributed by atoms with Gasteiger partial charge >= 0.3 is 6.18 Å². The Kier molecular flexibility index (Phi) is 8.63. The van der Waals surface area contributed by atoms with Crippen LogP contribution in [0.1, 0.15) is 40.8 Å². The van der Waals surface area contributed by atoms with Gasteiger partial charge in [-0.3, -0.25) is 4.79 Å². The van der Waals surface area contributed by atoms with Crippen LogP contribution in [0.5, 0.6) is 0 Å². The van der Waals surface area contributed by atoms with Gasteiger partial charge in [0.05, 0.1) is 22.6 Å². The number of nitrogens with one attached hydrogen (secondary N) is 1. The maximum Gasteiger partial charge on any atom is 0.433 e. The van der Waals surface area contributed by atoms with E-state index in [1.165, 1.54) is 22.7 Å². The second-order valence-corrected chi connectivity index (χ2v) is 10.0. The van der Waals surface area contributed by atoms with Crippen LogP contribution in [0.4, 0.5) is 17.6 Å². The first kappa shape index (κ1) is 27.5. The number of benzene rings is 2. The highest BCUT2D eigenvalue weighted by atomic mass is 32.2. The van der Waals surface area contributed by atoms with Crippen molar-refractivity contribution in [3.8, 4) is 11.3 Å². The van der Waals surface area contributed by atoms with Gasteiger partial charge in [-0.2, -0.15) is 13.2 Å². The average molecular weight is 522 g/mol. The molecule has 5 nitrogen and oxygen atoms in total. The number of aromatic nitrogens is 1. The second kappa shape index (κ2) is 11.3. The third-order valence-electron chi connectivity index (χ3n) is 5.82. The Morgan fingerprint density at radius 2 is 1.81 bits per heavy atom. The Hall–Kier alpha value is -3.11. The fourth-order valence-electron chi connectivity index (χ4n) is 3.61. The fourth-order valence-corrected chi connectivity index (χ4v) is 3.93. The van der Waals surface area contributed by atoms with Crippen LogP contribution in [0.3, 0.4) is 0 Å². The molecule has 3 aromatic rings. The molecule has 36 heavy (non-hydrogen) atoms. The molecule has 0 aliphatic heterocycles. The summed E-state index contributed by atoms with van der Waals surface area (Å²) in [5, 5.41) is 2.73. The summed E-state index contributed by atoms with van der Waals surface area (Å²) in [7, 11) is 0.361. The Morgan fingerprint density at radius 1 is 1.11 bits per heavy atom. The quantitative estimate of drug-likeness (QED) is 0.406. The number of amides is 1. The summed E-state index contributed by atoms with van der Waals surface area (Å²) in [6, 6.07) is 13.6. The number of nitrogens with zero attached hydrogens (tertiary/aromatic N) is 2. The van der Waals surface area contributed by atoms with Gasteiger partial charge in [0.15, 0.2) is 0 Å². The zero-order chi connectivity index (χ0) is 26.6. The molecule has 1 heterocycles. The van der Waals surface area contributed by atoms with E-state index in [2.05, 4.69) is 10.3 Å². The number of carbonyl (C=O) groups excluding carboxylic acids is 1. The number of alkyl halides is 3. The summed E-state index contributed by atoms with van der Waals surface area (Å²) in [4.78, 5) is 16.7. The van der Waals surface area contributed by atoms with Crippen LogP contribution in [0.25, 0.3) is 11.3 Å². The van der Waals surface area contributed by atoms with Crippen molar-refractivity contribution in [2.75, 3.05) is 13.3 Å². The SMILES string of the molecule is Cc1cccc(-c2nc(C(F)(F)F)ccc2CNC(=O)C(C)c2ccc(CN(C)S(C)=O)c(F)c2)c1. The molecule has 1 amide bonds. The number of aryl methyl sites for hydroxylation is 1. The van der Waals surface area contributed by atoms with Crippen LogP contribution in [0.15, 0.2) is 54.6 Å². The van der Waals surface area contributed by atoms with Crippen LogP contribution >= 0.6 is 0 Å². The van der Waals surface area contributed by atoms with E-state index in [9.17, 15) is 26.6 Å². The van der Waals surface area contributed by atoms with E-state index >= 15 is 0 Å². The van der Waals surface area contributed by atoms with Gasteiger partial charge in [-0.25, -0.2) is 17.9 Å². The number of hydrogen-bond acceptors (Lipinski definition) is 3. The molecule has 0 saturated heterocycles. The average Bonchev–Trinajstić information content (AvgIpc) is 2.82. The molecular formula is C26H27F4N3O2S. The van der Waals surface area contributed by atoms with E-state index in [0.717, 1.165) is 11.6 Å². The molecule has 2 aromatic carbocycles. The maximum absolute atomic E-state index is 14.6. The van der Waals surface area contributed by atoms with Crippen LogP contribution in [-0.2, 0) is 35.0 Å². The third-order valence-corrected chi connectivity index (χ3v) is 6.82. The van der Waals surface area contributed by atoms with Crippen molar-refractivity contribution in [2.24, 2.45) is 0 Å². The van der Waals surface area contributed by atoms with Crippen molar-refractivity contribution in [3.63, 3.8) is 0 Å². The van der Waals surface area contributed by atoms with Crippen molar-refractivity contribution in [2.45, 2.75) is 39.0 Å². The molecule has 1 aromatic heterocycles. The minimum atomic E-state index is -4.61. The first-order valence-corrected chi connectivity index (χ1v) is 12.6. The molecule has 192 valence electrons. The third kappa shape index (κ3) is 6.76. The van der Waals surface area contributed by atoms with Crippen molar-refractivity contribution in [3.05, 3.63) is 88.4 Å². The lowest BCUT2D eigenvalue weighted by Crippen LogP contribution is -2.28. The molecule has 0 bridgehead atoms. The van der Waals surface area contributed by atoms with Gasteiger partial charge in [0.1, 0.15) is 11.5 Å². The van der Waals surface area contributed by atoms with Crippen LogP contribution in [-0.4, -0.2) is 32.7 Å². The minimum Gasteiger partial charge on any atom is -0.351 e. The number of hydrogen-bond donors (Lipinski definition) is 1. The van der Waals surface area contributed by atoms with E-state index in [4.69, 9.17) is 0 Å². The molecule has 2 atom stereocenters. The minimum absolute atomic E-state index is 0.0503. The largest absolute Gasteiger partial charge is 0.433 e. The van der Waals surface area contributed by atoms with Gasteiger partial charge in [-0.05, 0) is 43.2 Å². The summed E-state index contributed by atoms with van der Waals surface area (Å²) >= 11 is 0. The second-order valence-electron chi connectivity index (χ2n) is 8.57. The number of halogens is 4. The van der Waals surface area contributed by atoms with Crippen molar-refractivity contribution in [1.29, 1.82) is 0 Å². The van der Waals surface area contributed by atoms with Crippen molar-refractivity contribution < 1.29 is 26.6 Å². The molecule has 0 saturated carbocycles. The first-order chi connectivity index (χ1) is 16.9. The molecule has 0 aliphatic rings. The molecule has 0 fully saturated rings. The number of carbonyl (C=O) groups is 1. The highest BCUT2D eigenvalue weighted by Crippen LogP contribution is 2.31. The normalized spacial score (nSPS) is 13.5. The molecule has 0 radical (unpaired) electrons. The Labute approximate surface area is 210 Å². The van der Waals surface area contributed by atoms with Crippen LogP contribution in [0, 0.1) is 12.7 Å². The van der Waals surface area contributed by atoms with Gasteiger partial charge in [0, 0.05) is 37.5 Å². The predicted molar refractivity (Wildman–Crippen MR) is 132 cm³/mol. The van der Waals surface area contributed by atoms with E-state index in [1.807, 2.05) is 13.0 Å². The number of rotatable bonds is 8. The van der Waals surface area contributed by atoms with Crippen LogP contribution in [0.2, 0.25) is 0 Å². The maximum atomic E-state index is 14.6. The Bertz CT molecular complexity index is 1280. The van der Waals surface area contributed by atoms with Gasteiger partial charge < -0.3 is 5.32 Å². The van der Waals surface area contributed by atoms with E-state index in [1.54, 1.807) is 44.3 Å². The predicted octanol–water partition coefficient (Wildman–Crippen LogP) is 5.36. The van der Waals surface area contributed by atoms with Gasteiger partial charge in [-0.15, -0.1) is 0 Å². The summed E-state index contributed by atoms with van der Waals surface area (Å²) < 4.78 is 67.5. The summed E-state index contributed by atoms with van der Waals surface area (Å²) in [5.41, 5.74) is 1.70. The monoisotopic (exact) mass is 521 g/mol. The highest BCUT2D eigenvalue weighted by molar-refractivity contribution is 7.81. The zero-order valence-corrected chi connectivity index (χ0v) is 21.1. The lowest BCUT2D eigenvalue weighted by molar-refractivity contribution is -0.141. The summed E-state index contributed by atoms with van der Waals surface area (Å²) in [5.74, 6) is -1.64. The highest BCUT2D eigenvalue weighted by Gasteiger charge is 2.33. The van der Waals surface area contributed by atoms with Gasteiger partial charge in [-0.1, -0.05) is 42.0 Å². The van der Waals surface area contributed by atoms with Gasteiger partial charge in [0.2, 0.25) is 5.91 Å². The smallest absolute Gasteiger partial charge is 0.351 e. The number of pyridine rings is 1. The molecule has 0 aliphatic carbocycles. The van der Waals surface area contributed by atoms with Crippen LogP contribution < -0.4 is 5.32 Å².